The van der Waals surface area contributed by atoms with E-state index in [2.05, 4.69) is 4.74 Å². The normalized spacial score (nSPS) is 10.1. The molecular weight excluding hydrogens is 308 g/mol. The van der Waals surface area contributed by atoms with Gasteiger partial charge in [-0.15, -0.1) is 23.5 Å². The van der Waals surface area contributed by atoms with Crippen LogP contribution in [0.25, 0.3) is 0 Å². The number of carbonyl (C=O) groups excluding carboxylic acids is 1. The lowest BCUT2D eigenvalue weighted by Crippen LogP contribution is -2.01. The summed E-state index contributed by atoms with van der Waals surface area (Å²) < 4.78 is 5.38. The van der Waals surface area contributed by atoms with Gasteiger partial charge in [-0.2, -0.15) is 0 Å². The highest BCUT2D eigenvalue weighted by Crippen LogP contribution is 2.25. The lowest BCUT2D eigenvalue weighted by atomic mass is 10.2. The Bertz CT molecular complexity index is 424. The number of esters is 1. The number of benzene rings is 1. The van der Waals surface area contributed by atoms with Crippen molar-refractivity contribution in [3.63, 3.8) is 0 Å². The maximum atomic E-state index is 10.9. The zero-order valence-electron chi connectivity index (χ0n) is 9.85. The topological polar surface area (TPSA) is 26.3 Å². The van der Waals surface area contributed by atoms with E-state index in [1.165, 1.54) is 18.9 Å². The van der Waals surface area contributed by atoms with Crippen molar-refractivity contribution >= 4 is 56.8 Å². The average Bonchev–Trinajstić information content (AvgIpc) is 2.37. The third-order valence-electron chi connectivity index (χ3n) is 2.06. The highest BCUT2D eigenvalue weighted by atomic mass is 35.5. The Kier molecular flexibility index (Phi) is 7.74. The number of methoxy groups -OCH3 is 1. The van der Waals surface area contributed by atoms with Gasteiger partial charge in [0, 0.05) is 16.5 Å². The first-order valence-corrected chi connectivity index (χ1v) is 7.99. The van der Waals surface area contributed by atoms with Gasteiger partial charge in [-0.3, -0.25) is 4.79 Å². The number of rotatable bonds is 5. The number of hydrogen-bond donors (Lipinski definition) is 0. The van der Waals surface area contributed by atoms with E-state index in [9.17, 15) is 4.79 Å². The Morgan fingerprint density at radius 1 is 1.39 bits per heavy atom. The Morgan fingerprint density at radius 2 is 2.11 bits per heavy atom. The van der Waals surface area contributed by atoms with Gasteiger partial charge < -0.3 is 4.74 Å². The highest BCUT2D eigenvalue weighted by Gasteiger charge is 2.05. The van der Waals surface area contributed by atoms with Crippen LogP contribution in [0.5, 0.6) is 0 Å². The van der Waals surface area contributed by atoms with Crippen LogP contribution < -0.4 is 0 Å². The molecule has 0 unspecified atom stereocenters. The van der Waals surface area contributed by atoms with Gasteiger partial charge in [-0.1, -0.05) is 42.0 Å². The average molecular weight is 321 g/mol. The number of carbonyl (C=O) groups is 1. The van der Waals surface area contributed by atoms with Crippen molar-refractivity contribution in [3.8, 4) is 0 Å². The molecule has 0 aliphatic rings. The van der Waals surface area contributed by atoms with Crippen molar-refractivity contribution in [1.82, 2.24) is 0 Å². The Hall–Kier alpha value is -0.230. The molecule has 1 aromatic rings. The summed E-state index contributed by atoms with van der Waals surface area (Å²) >= 11 is 14.3. The van der Waals surface area contributed by atoms with Gasteiger partial charge in [-0.05, 0) is 11.6 Å². The molecular formula is C12H13ClO2S3. The smallest absolute Gasteiger partial charge is 0.306 e. The second kappa shape index (κ2) is 8.80. The second-order valence-electron chi connectivity index (χ2n) is 3.30. The molecule has 0 amide bonds. The molecule has 18 heavy (non-hydrogen) atoms. The molecule has 0 atom stereocenters. The van der Waals surface area contributed by atoms with Crippen molar-refractivity contribution in [2.75, 3.05) is 12.9 Å². The summed E-state index contributed by atoms with van der Waals surface area (Å²) in [7, 11) is 1.39. The zero-order valence-corrected chi connectivity index (χ0v) is 13.1. The molecule has 0 saturated heterocycles. The molecule has 1 rings (SSSR count). The molecule has 0 aliphatic heterocycles. The minimum atomic E-state index is -0.207. The highest BCUT2D eigenvalue weighted by molar-refractivity contribution is 8.46. The minimum absolute atomic E-state index is 0.207. The monoisotopic (exact) mass is 320 g/mol. The summed E-state index contributed by atoms with van der Waals surface area (Å²) in [6, 6.07) is 7.71. The minimum Gasteiger partial charge on any atom is -0.469 e. The Labute approximate surface area is 126 Å². The number of thioether (sulfide) groups is 2. The van der Waals surface area contributed by atoms with Crippen LogP contribution in [0.4, 0.5) is 0 Å². The van der Waals surface area contributed by atoms with Crippen molar-refractivity contribution in [3.05, 3.63) is 34.9 Å². The van der Waals surface area contributed by atoms with Crippen LogP contribution in [0.1, 0.15) is 12.0 Å². The van der Waals surface area contributed by atoms with Crippen LogP contribution in [-0.2, 0) is 15.3 Å². The van der Waals surface area contributed by atoms with E-state index in [0.717, 1.165) is 19.9 Å². The molecule has 6 heteroatoms. The van der Waals surface area contributed by atoms with E-state index >= 15 is 0 Å². The molecule has 98 valence electrons. The van der Waals surface area contributed by atoms with E-state index in [-0.39, 0.29) is 5.97 Å². The van der Waals surface area contributed by atoms with Crippen molar-refractivity contribution in [2.24, 2.45) is 0 Å². The van der Waals surface area contributed by atoms with Gasteiger partial charge in [0.15, 0.2) is 0 Å². The second-order valence-corrected chi connectivity index (χ2v) is 6.99. The van der Waals surface area contributed by atoms with Crippen LogP contribution in [0.2, 0.25) is 5.02 Å². The van der Waals surface area contributed by atoms with E-state index in [0.29, 0.717) is 12.2 Å². The van der Waals surface area contributed by atoms with Gasteiger partial charge in [0.25, 0.3) is 0 Å². The van der Waals surface area contributed by atoms with E-state index in [1.54, 1.807) is 11.8 Å². The summed E-state index contributed by atoms with van der Waals surface area (Å²) in [5, 5.41) is 0.757. The molecule has 0 spiro atoms. The summed E-state index contributed by atoms with van der Waals surface area (Å²) in [5.74, 6) is 1.20. The van der Waals surface area contributed by atoms with Crippen LogP contribution in [0.15, 0.2) is 24.3 Å². The maximum absolute atomic E-state index is 10.9. The van der Waals surface area contributed by atoms with E-state index in [1.807, 2.05) is 24.3 Å². The predicted molar refractivity (Wildman–Crippen MR) is 84.4 cm³/mol. The molecule has 2 nitrogen and oxygen atoms in total. The summed E-state index contributed by atoms with van der Waals surface area (Å²) in [6.45, 7) is 0. The summed E-state index contributed by atoms with van der Waals surface area (Å²) in [5.41, 5.74) is 1.07. The standard InChI is InChI=1S/C12H13ClO2S3/c1-15-11(14)6-7-17-12(16)18-8-9-4-2-3-5-10(9)13/h2-5H,6-8H2,1H3. The molecule has 0 saturated carbocycles. The molecule has 0 N–H and O–H groups in total. The lowest BCUT2D eigenvalue weighted by molar-refractivity contribution is -0.140. The predicted octanol–water partition coefficient (Wildman–Crippen LogP) is 4.15. The van der Waals surface area contributed by atoms with Crippen molar-refractivity contribution in [1.29, 1.82) is 0 Å². The van der Waals surface area contributed by atoms with Gasteiger partial charge in [-0.25, -0.2) is 0 Å². The van der Waals surface area contributed by atoms with Gasteiger partial charge in [0.05, 0.1) is 13.5 Å². The maximum Gasteiger partial charge on any atom is 0.306 e. The quantitative estimate of drug-likeness (QED) is 0.600. The van der Waals surface area contributed by atoms with Crippen molar-refractivity contribution < 1.29 is 9.53 Å². The number of thiocarbonyl (C=S) groups is 1. The van der Waals surface area contributed by atoms with Gasteiger partial charge >= 0.3 is 5.97 Å². The first-order valence-electron chi connectivity index (χ1n) is 5.23. The third-order valence-corrected chi connectivity index (χ3v) is 5.18. The van der Waals surface area contributed by atoms with Crippen molar-refractivity contribution in [2.45, 2.75) is 12.2 Å². The first-order chi connectivity index (χ1) is 8.63. The molecule has 0 radical (unpaired) electrons. The lowest BCUT2D eigenvalue weighted by Gasteiger charge is -2.05. The van der Waals surface area contributed by atoms with Gasteiger partial charge in [0.2, 0.25) is 0 Å². The van der Waals surface area contributed by atoms with Gasteiger partial charge in [0.1, 0.15) is 3.53 Å². The van der Waals surface area contributed by atoms with Crippen LogP contribution in [0.3, 0.4) is 0 Å². The Balaban J connectivity index is 2.25. The Morgan fingerprint density at radius 3 is 2.78 bits per heavy atom. The molecule has 1 aromatic carbocycles. The van der Waals surface area contributed by atoms with Crippen LogP contribution in [0, 0.1) is 0 Å². The molecule has 0 fully saturated rings. The van der Waals surface area contributed by atoms with Crippen LogP contribution in [-0.4, -0.2) is 22.4 Å². The fourth-order valence-corrected chi connectivity index (χ4v) is 3.54. The van der Waals surface area contributed by atoms with Crippen LogP contribution >= 0.6 is 47.3 Å². The first kappa shape index (κ1) is 15.8. The summed E-state index contributed by atoms with van der Waals surface area (Å²) in [4.78, 5) is 10.9. The molecule has 0 aliphatic carbocycles. The fraction of sp³-hybridized carbons (Fsp3) is 0.333. The SMILES string of the molecule is COC(=O)CCSC(=S)SCc1ccccc1Cl. The number of ether oxygens (including phenoxy) is 1. The fourth-order valence-electron chi connectivity index (χ4n) is 1.11. The zero-order chi connectivity index (χ0) is 13.4. The molecule has 0 aromatic heterocycles. The largest absolute Gasteiger partial charge is 0.469 e. The van der Waals surface area contributed by atoms with E-state index < -0.39 is 0 Å². The van der Waals surface area contributed by atoms with E-state index in [4.69, 9.17) is 23.8 Å². The third kappa shape index (κ3) is 6.09. The summed E-state index contributed by atoms with van der Waals surface area (Å²) in [6.07, 6.45) is 0.383. The molecule has 0 bridgehead atoms. The number of hydrogen-bond acceptors (Lipinski definition) is 5. The number of halogens is 1. The molecule has 0 heterocycles.